The molecule has 0 amide bonds. The molecule has 7 heteroatoms. The minimum atomic E-state index is 0.0911. The smallest absolute Gasteiger partial charge is 0.191 e. The highest BCUT2D eigenvalue weighted by Crippen LogP contribution is 2.25. The van der Waals surface area contributed by atoms with Crippen molar-refractivity contribution >= 4 is 5.96 Å². The molecule has 0 spiro atoms. The Kier molecular flexibility index (Phi) is 8.99. The van der Waals surface area contributed by atoms with E-state index in [0.29, 0.717) is 13.2 Å². The molecule has 174 valence electrons. The highest BCUT2D eigenvalue weighted by molar-refractivity contribution is 5.79. The van der Waals surface area contributed by atoms with E-state index in [1.807, 2.05) is 0 Å². The van der Waals surface area contributed by atoms with E-state index < -0.39 is 0 Å². The lowest BCUT2D eigenvalue weighted by Gasteiger charge is -2.43. The first-order valence-corrected chi connectivity index (χ1v) is 11.6. The number of nitrogens with zero attached hydrogens (tertiary/aromatic N) is 2. The van der Waals surface area contributed by atoms with Gasteiger partial charge in [-0.1, -0.05) is 12.1 Å². The Morgan fingerprint density at radius 1 is 1.23 bits per heavy atom. The van der Waals surface area contributed by atoms with Gasteiger partial charge in [0.25, 0.3) is 0 Å². The van der Waals surface area contributed by atoms with E-state index in [0.717, 1.165) is 75.9 Å². The standard InChI is InChI=1S/C24H40N4O3/c1-5-25-23(27-18-24(28(3)4)10-13-29-14-11-24)26-16-20-9-8-19(2)15-22(20)31-17-21-7-6-12-30-21/h8-9,15,21H,5-7,10-14,16-18H2,1-4H3,(H2,25,26,27). The van der Waals surface area contributed by atoms with Gasteiger partial charge in [0, 0.05) is 44.0 Å². The number of rotatable bonds is 9. The summed E-state index contributed by atoms with van der Waals surface area (Å²) < 4.78 is 17.4. The van der Waals surface area contributed by atoms with Gasteiger partial charge < -0.3 is 29.7 Å². The van der Waals surface area contributed by atoms with E-state index in [-0.39, 0.29) is 11.6 Å². The van der Waals surface area contributed by atoms with E-state index in [1.165, 1.54) is 5.56 Å². The number of nitrogens with one attached hydrogen (secondary N) is 2. The zero-order valence-corrected chi connectivity index (χ0v) is 19.7. The molecule has 1 aromatic carbocycles. The predicted molar refractivity (Wildman–Crippen MR) is 125 cm³/mol. The van der Waals surface area contributed by atoms with Gasteiger partial charge in [0.2, 0.25) is 0 Å². The molecule has 0 bridgehead atoms. The lowest BCUT2D eigenvalue weighted by Crippen LogP contribution is -2.57. The number of likely N-dealkylation sites (N-methyl/N-ethyl adjacent to an activating group) is 1. The van der Waals surface area contributed by atoms with Crippen LogP contribution in [0.4, 0.5) is 0 Å². The monoisotopic (exact) mass is 432 g/mol. The fourth-order valence-electron chi connectivity index (χ4n) is 4.17. The molecule has 0 radical (unpaired) electrons. The summed E-state index contributed by atoms with van der Waals surface area (Å²) in [4.78, 5) is 7.18. The maximum Gasteiger partial charge on any atom is 0.191 e. The van der Waals surface area contributed by atoms with E-state index in [4.69, 9.17) is 19.2 Å². The third-order valence-corrected chi connectivity index (χ3v) is 6.38. The molecule has 1 aromatic rings. The van der Waals surface area contributed by atoms with E-state index in [2.05, 4.69) is 61.7 Å². The van der Waals surface area contributed by atoms with Crippen molar-refractivity contribution in [2.75, 3.05) is 53.6 Å². The molecule has 0 saturated carbocycles. The number of aliphatic imine (C=N–C) groups is 1. The Labute approximate surface area is 187 Å². The van der Waals surface area contributed by atoms with Crippen molar-refractivity contribution in [3.05, 3.63) is 29.3 Å². The molecular formula is C24H40N4O3. The fourth-order valence-corrected chi connectivity index (χ4v) is 4.17. The van der Waals surface area contributed by atoms with E-state index in [1.54, 1.807) is 0 Å². The van der Waals surface area contributed by atoms with Crippen molar-refractivity contribution in [2.45, 2.75) is 57.7 Å². The van der Waals surface area contributed by atoms with Gasteiger partial charge in [-0.25, -0.2) is 4.99 Å². The van der Waals surface area contributed by atoms with E-state index in [9.17, 15) is 0 Å². The van der Waals surface area contributed by atoms with Crippen LogP contribution < -0.4 is 15.4 Å². The second-order valence-corrected chi connectivity index (χ2v) is 8.84. The summed E-state index contributed by atoms with van der Waals surface area (Å²) >= 11 is 0. The molecule has 3 rings (SSSR count). The largest absolute Gasteiger partial charge is 0.491 e. The zero-order chi connectivity index (χ0) is 22.1. The molecule has 1 atom stereocenters. The minimum absolute atomic E-state index is 0.0911. The van der Waals surface area contributed by atoms with Gasteiger partial charge in [0.1, 0.15) is 12.4 Å². The fraction of sp³-hybridized carbons (Fsp3) is 0.708. The third kappa shape index (κ3) is 6.82. The summed E-state index contributed by atoms with van der Waals surface area (Å²) in [6.45, 7) is 9.47. The Bertz CT molecular complexity index is 711. The molecule has 2 fully saturated rings. The van der Waals surface area contributed by atoms with Crippen molar-refractivity contribution < 1.29 is 14.2 Å². The van der Waals surface area contributed by atoms with Crippen molar-refractivity contribution in [3.8, 4) is 5.75 Å². The van der Waals surface area contributed by atoms with Crippen LogP contribution in [-0.2, 0) is 16.0 Å². The number of hydrogen-bond donors (Lipinski definition) is 2. The van der Waals surface area contributed by atoms with Gasteiger partial charge in [-0.15, -0.1) is 0 Å². The van der Waals surface area contributed by atoms with Crippen LogP contribution in [0.15, 0.2) is 23.2 Å². The van der Waals surface area contributed by atoms with Crippen LogP contribution in [0, 0.1) is 6.92 Å². The second kappa shape index (κ2) is 11.7. The summed E-state index contributed by atoms with van der Waals surface area (Å²) in [5.41, 5.74) is 2.37. The summed E-state index contributed by atoms with van der Waals surface area (Å²) in [7, 11) is 4.31. The lowest BCUT2D eigenvalue weighted by atomic mass is 9.88. The molecule has 2 aliphatic heterocycles. The number of guanidine groups is 1. The molecule has 7 nitrogen and oxygen atoms in total. The Morgan fingerprint density at radius 2 is 2.03 bits per heavy atom. The third-order valence-electron chi connectivity index (χ3n) is 6.38. The molecule has 1 unspecified atom stereocenters. The molecule has 0 aromatic heterocycles. The molecule has 2 N–H and O–H groups in total. The molecule has 2 saturated heterocycles. The molecule has 31 heavy (non-hydrogen) atoms. The highest BCUT2D eigenvalue weighted by Gasteiger charge is 2.34. The van der Waals surface area contributed by atoms with Crippen LogP contribution in [-0.4, -0.2) is 76.1 Å². The van der Waals surface area contributed by atoms with Gasteiger partial charge in [0.15, 0.2) is 5.96 Å². The van der Waals surface area contributed by atoms with Gasteiger partial charge in [0.05, 0.1) is 12.6 Å². The molecular weight excluding hydrogens is 392 g/mol. The summed E-state index contributed by atoms with van der Waals surface area (Å²) in [5, 5.41) is 6.96. The Hall–Kier alpha value is -1.83. The van der Waals surface area contributed by atoms with Gasteiger partial charge in [-0.3, -0.25) is 0 Å². The first-order valence-electron chi connectivity index (χ1n) is 11.6. The number of ether oxygens (including phenoxy) is 3. The summed E-state index contributed by atoms with van der Waals surface area (Å²) in [5.74, 6) is 1.74. The number of aryl methyl sites for hydroxylation is 1. The average Bonchev–Trinajstić information content (AvgIpc) is 3.29. The van der Waals surface area contributed by atoms with Crippen molar-refractivity contribution in [1.29, 1.82) is 0 Å². The molecule has 2 aliphatic rings. The van der Waals surface area contributed by atoms with Crippen molar-refractivity contribution in [1.82, 2.24) is 15.5 Å². The van der Waals surface area contributed by atoms with Gasteiger partial charge in [-0.2, -0.15) is 0 Å². The van der Waals surface area contributed by atoms with Crippen LogP contribution in [0.5, 0.6) is 5.75 Å². The van der Waals surface area contributed by atoms with Crippen LogP contribution >= 0.6 is 0 Å². The molecule has 0 aliphatic carbocycles. The first kappa shape index (κ1) is 23.8. The van der Waals surface area contributed by atoms with E-state index >= 15 is 0 Å². The Balaban J connectivity index is 1.65. The second-order valence-electron chi connectivity index (χ2n) is 8.84. The summed E-state index contributed by atoms with van der Waals surface area (Å²) in [6, 6.07) is 6.34. The van der Waals surface area contributed by atoms with Crippen molar-refractivity contribution in [2.24, 2.45) is 4.99 Å². The topological polar surface area (TPSA) is 67.4 Å². The lowest BCUT2D eigenvalue weighted by molar-refractivity contribution is -0.00501. The number of hydrogen-bond acceptors (Lipinski definition) is 5. The quantitative estimate of drug-likeness (QED) is 0.462. The average molecular weight is 433 g/mol. The molecule has 2 heterocycles. The van der Waals surface area contributed by atoms with Crippen LogP contribution in [0.1, 0.15) is 43.7 Å². The first-order chi connectivity index (χ1) is 15.0. The summed E-state index contributed by atoms with van der Waals surface area (Å²) in [6.07, 6.45) is 4.44. The zero-order valence-electron chi connectivity index (χ0n) is 19.7. The minimum Gasteiger partial charge on any atom is -0.491 e. The maximum absolute atomic E-state index is 6.14. The van der Waals surface area contributed by atoms with Crippen molar-refractivity contribution in [3.63, 3.8) is 0 Å². The number of benzene rings is 1. The highest BCUT2D eigenvalue weighted by atomic mass is 16.5. The Morgan fingerprint density at radius 3 is 2.71 bits per heavy atom. The van der Waals surface area contributed by atoms with Crippen LogP contribution in [0.3, 0.4) is 0 Å². The van der Waals surface area contributed by atoms with Crippen LogP contribution in [0.2, 0.25) is 0 Å². The maximum atomic E-state index is 6.14. The van der Waals surface area contributed by atoms with Gasteiger partial charge in [-0.05, 0) is 65.3 Å². The van der Waals surface area contributed by atoms with Gasteiger partial charge >= 0.3 is 0 Å². The predicted octanol–water partition coefficient (Wildman–Crippen LogP) is 2.72. The SMILES string of the molecule is CCNC(=NCc1ccc(C)cc1OCC1CCCO1)NCC1(N(C)C)CCOCC1. The van der Waals surface area contributed by atoms with Crippen LogP contribution in [0.25, 0.3) is 0 Å². The normalized spacial score (nSPS) is 21.3.